The van der Waals surface area contributed by atoms with Gasteiger partial charge < -0.3 is 5.32 Å². The van der Waals surface area contributed by atoms with E-state index >= 15 is 0 Å². The molecule has 0 saturated carbocycles. The Hall–Kier alpha value is -0.680. The fraction of sp³-hybridized carbons (Fsp3) is 0.800. The number of hydrogen-bond donors (Lipinski definition) is 1. The molecule has 0 spiro atoms. The van der Waals surface area contributed by atoms with E-state index in [2.05, 4.69) is 47.6 Å². The van der Waals surface area contributed by atoms with Crippen molar-refractivity contribution >= 4 is 16.5 Å². The van der Waals surface area contributed by atoms with Gasteiger partial charge in [0.1, 0.15) is 10.7 Å². The monoisotopic (exact) mass is 228 g/mol. The highest BCUT2D eigenvalue weighted by Gasteiger charge is 2.11. The molecule has 0 amide bonds. The Balaban J connectivity index is 2.56. The largest absolute Gasteiger partial charge is 0.374 e. The van der Waals surface area contributed by atoms with E-state index < -0.39 is 0 Å². The van der Waals surface area contributed by atoms with Gasteiger partial charge in [-0.3, -0.25) is 4.90 Å². The maximum absolute atomic E-state index is 4.16. The van der Waals surface area contributed by atoms with Crippen molar-refractivity contribution in [1.82, 2.24) is 14.5 Å². The molecule has 1 aromatic rings. The second kappa shape index (κ2) is 6.02. The number of nitrogens with one attached hydrogen (secondary N) is 1. The highest BCUT2D eigenvalue weighted by atomic mass is 32.1. The van der Waals surface area contributed by atoms with Crippen LogP contribution < -0.4 is 5.32 Å². The molecular formula is C10H20N4S. The molecule has 15 heavy (non-hydrogen) atoms. The Morgan fingerprint density at radius 2 is 2.20 bits per heavy atom. The lowest BCUT2D eigenvalue weighted by molar-refractivity contribution is 0.263. The highest BCUT2D eigenvalue weighted by molar-refractivity contribution is 7.10. The van der Waals surface area contributed by atoms with E-state index in [1.807, 2.05) is 0 Å². The third kappa shape index (κ3) is 3.76. The third-order valence-electron chi connectivity index (χ3n) is 2.37. The van der Waals surface area contributed by atoms with Gasteiger partial charge >= 0.3 is 0 Å². The van der Waals surface area contributed by atoms with Crippen molar-refractivity contribution in [2.45, 2.75) is 39.8 Å². The van der Waals surface area contributed by atoms with Crippen molar-refractivity contribution in [2.75, 3.05) is 18.9 Å². The number of hydrogen-bond acceptors (Lipinski definition) is 5. The molecule has 1 rings (SSSR count). The van der Waals surface area contributed by atoms with Gasteiger partial charge in [0.25, 0.3) is 0 Å². The van der Waals surface area contributed by atoms with Gasteiger partial charge in [-0.1, -0.05) is 11.4 Å². The summed E-state index contributed by atoms with van der Waals surface area (Å²) in [7, 11) is 2.10. The first kappa shape index (κ1) is 12.4. The summed E-state index contributed by atoms with van der Waals surface area (Å²) >= 11 is 1.44. The van der Waals surface area contributed by atoms with Crippen molar-refractivity contribution in [2.24, 2.45) is 0 Å². The summed E-state index contributed by atoms with van der Waals surface area (Å²) in [4.78, 5) is 2.26. The summed E-state index contributed by atoms with van der Waals surface area (Å²) in [5.41, 5.74) is 1.06. The zero-order valence-corrected chi connectivity index (χ0v) is 10.8. The van der Waals surface area contributed by atoms with Gasteiger partial charge in [0.2, 0.25) is 0 Å². The van der Waals surface area contributed by atoms with Crippen LogP contribution in [0.2, 0.25) is 0 Å². The summed E-state index contributed by atoms with van der Waals surface area (Å²) < 4.78 is 3.99. The first-order valence-electron chi connectivity index (χ1n) is 5.40. The van der Waals surface area contributed by atoms with Gasteiger partial charge in [-0.05, 0) is 27.3 Å². The predicted octanol–water partition coefficient (Wildman–Crippen LogP) is 2.20. The molecule has 86 valence electrons. The van der Waals surface area contributed by atoms with Crippen LogP contribution in [0.3, 0.4) is 0 Å². The van der Waals surface area contributed by atoms with Crippen LogP contribution in [-0.2, 0) is 6.54 Å². The molecule has 4 nitrogen and oxygen atoms in total. The fourth-order valence-electron chi connectivity index (χ4n) is 1.10. The molecule has 5 heteroatoms. The van der Waals surface area contributed by atoms with Crippen LogP contribution >= 0.6 is 11.5 Å². The summed E-state index contributed by atoms with van der Waals surface area (Å²) in [5.74, 6) is 0. The molecule has 0 aromatic carbocycles. The number of aromatic nitrogens is 2. The summed E-state index contributed by atoms with van der Waals surface area (Å²) in [5, 5.41) is 8.63. The lowest BCUT2D eigenvalue weighted by Gasteiger charge is -2.19. The Morgan fingerprint density at radius 3 is 2.80 bits per heavy atom. The van der Waals surface area contributed by atoms with Crippen molar-refractivity contribution < 1.29 is 0 Å². The standard InChI is InChI=1S/C10H20N4S/c1-5-6-11-10-9(12-13-15-10)7-14(4)8(2)3/h8,11H,5-7H2,1-4H3. The molecule has 0 aliphatic carbocycles. The first-order valence-corrected chi connectivity index (χ1v) is 6.17. The number of anilines is 1. The minimum absolute atomic E-state index is 0.533. The molecule has 1 aromatic heterocycles. The lowest BCUT2D eigenvalue weighted by Crippen LogP contribution is -2.26. The SMILES string of the molecule is CCCNc1snnc1CN(C)C(C)C. The van der Waals surface area contributed by atoms with Crippen LogP contribution in [0.25, 0.3) is 0 Å². The first-order chi connectivity index (χ1) is 7.15. The van der Waals surface area contributed by atoms with E-state index in [1.165, 1.54) is 11.5 Å². The Labute approximate surface area is 95.8 Å². The van der Waals surface area contributed by atoms with E-state index in [1.54, 1.807) is 0 Å². The molecule has 0 aliphatic heterocycles. The van der Waals surface area contributed by atoms with Gasteiger partial charge in [0.05, 0.1) is 0 Å². The maximum atomic E-state index is 4.16. The molecule has 0 atom stereocenters. The van der Waals surface area contributed by atoms with Crippen molar-refractivity contribution in [1.29, 1.82) is 0 Å². The van der Waals surface area contributed by atoms with Crippen molar-refractivity contribution in [3.8, 4) is 0 Å². The summed E-state index contributed by atoms with van der Waals surface area (Å²) in [6.07, 6.45) is 1.12. The van der Waals surface area contributed by atoms with E-state index in [0.29, 0.717) is 6.04 Å². The number of nitrogens with zero attached hydrogens (tertiary/aromatic N) is 3. The average Bonchev–Trinajstić information content (AvgIpc) is 2.62. The quantitative estimate of drug-likeness (QED) is 0.810. The molecule has 1 N–H and O–H groups in total. The topological polar surface area (TPSA) is 41.1 Å². The molecule has 0 radical (unpaired) electrons. The van der Waals surface area contributed by atoms with Crippen molar-refractivity contribution in [3.63, 3.8) is 0 Å². The molecule has 0 fully saturated rings. The van der Waals surface area contributed by atoms with E-state index in [9.17, 15) is 0 Å². The van der Waals surface area contributed by atoms with Gasteiger partial charge in [0.15, 0.2) is 0 Å². The van der Waals surface area contributed by atoms with E-state index in [4.69, 9.17) is 0 Å². The molecule has 1 heterocycles. The van der Waals surface area contributed by atoms with Crippen molar-refractivity contribution in [3.05, 3.63) is 5.69 Å². The zero-order valence-electron chi connectivity index (χ0n) is 9.95. The third-order valence-corrected chi connectivity index (χ3v) is 3.10. The summed E-state index contributed by atoms with van der Waals surface area (Å²) in [6.45, 7) is 8.36. The average molecular weight is 228 g/mol. The molecule has 0 aliphatic rings. The maximum Gasteiger partial charge on any atom is 0.134 e. The molecular weight excluding hydrogens is 208 g/mol. The fourth-order valence-corrected chi connectivity index (χ4v) is 1.70. The molecule has 0 bridgehead atoms. The van der Waals surface area contributed by atoms with Crippen LogP contribution in [0.5, 0.6) is 0 Å². The van der Waals surface area contributed by atoms with Crippen LogP contribution in [0.1, 0.15) is 32.9 Å². The molecule has 0 saturated heterocycles. The smallest absolute Gasteiger partial charge is 0.134 e. The van der Waals surface area contributed by atoms with Crippen LogP contribution in [0.15, 0.2) is 0 Å². The Morgan fingerprint density at radius 1 is 1.47 bits per heavy atom. The number of rotatable bonds is 6. The second-order valence-corrected chi connectivity index (χ2v) is 4.74. The second-order valence-electron chi connectivity index (χ2n) is 3.98. The van der Waals surface area contributed by atoms with Gasteiger partial charge in [0, 0.05) is 30.7 Å². The van der Waals surface area contributed by atoms with Gasteiger partial charge in [-0.2, -0.15) is 0 Å². The van der Waals surface area contributed by atoms with Crippen LogP contribution in [-0.4, -0.2) is 34.1 Å². The minimum atomic E-state index is 0.533. The van der Waals surface area contributed by atoms with E-state index in [-0.39, 0.29) is 0 Å². The normalized spacial score (nSPS) is 11.3. The molecule has 0 unspecified atom stereocenters. The summed E-state index contributed by atoms with van der Waals surface area (Å²) in [6, 6.07) is 0.533. The van der Waals surface area contributed by atoms with Gasteiger partial charge in [-0.25, -0.2) is 0 Å². The Bertz CT molecular complexity index is 285. The predicted molar refractivity (Wildman–Crippen MR) is 65.3 cm³/mol. The van der Waals surface area contributed by atoms with Crippen LogP contribution in [0.4, 0.5) is 5.00 Å². The van der Waals surface area contributed by atoms with E-state index in [0.717, 1.165) is 30.2 Å². The van der Waals surface area contributed by atoms with Crippen LogP contribution in [0, 0.1) is 0 Å². The highest BCUT2D eigenvalue weighted by Crippen LogP contribution is 2.19. The lowest BCUT2D eigenvalue weighted by atomic mass is 10.3. The zero-order chi connectivity index (χ0) is 11.3. The van der Waals surface area contributed by atoms with Gasteiger partial charge in [-0.15, -0.1) is 5.10 Å². The Kier molecular flexibility index (Phi) is 4.98. The minimum Gasteiger partial charge on any atom is -0.374 e.